The Morgan fingerprint density at radius 2 is 2.00 bits per heavy atom. The molecule has 9 heteroatoms. The maximum atomic E-state index is 12.9. The third kappa shape index (κ3) is 3.85. The molecule has 6 nitrogen and oxygen atoms in total. The van der Waals surface area contributed by atoms with Crippen LogP contribution in [0.3, 0.4) is 0 Å². The molecule has 0 radical (unpaired) electrons. The molecule has 5 rings (SSSR count). The molecule has 2 fully saturated rings. The van der Waals surface area contributed by atoms with Gasteiger partial charge in [0.15, 0.2) is 4.96 Å². The van der Waals surface area contributed by atoms with Gasteiger partial charge in [-0.1, -0.05) is 43.0 Å². The van der Waals surface area contributed by atoms with Gasteiger partial charge in [-0.2, -0.15) is 0 Å². The van der Waals surface area contributed by atoms with Crippen LogP contribution in [0.2, 0.25) is 5.02 Å². The fraction of sp³-hybridized carbons (Fsp3) is 0.409. The minimum atomic E-state index is -0.287. The summed E-state index contributed by atoms with van der Waals surface area (Å²) in [5.74, 6) is -0.169. The van der Waals surface area contributed by atoms with Crippen LogP contribution in [0.1, 0.15) is 44.7 Å². The van der Waals surface area contributed by atoms with Gasteiger partial charge in [0.1, 0.15) is 4.87 Å². The lowest BCUT2D eigenvalue weighted by molar-refractivity contribution is -0.144. The standard InChI is InChI=1S/C22H23ClN4O2S2/c1-14-20(29)27(22(31-14)9-3-2-4-10-22)25-19(28)11-17-13-30-21-24-18(12-26(17)21)15-5-7-16(23)8-6-15/h5-8,12-14H,2-4,9-11H2,1H3,(H,25,28). The number of thiazole rings is 1. The van der Waals surface area contributed by atoms with Gasteiger partial charge in [-0.25, -0.2) is 9.99 Å². The number of imidazole rings is 1. The first-order chi connectivity index (χ1) is 14.9. The first kappa shape index (κ1) is 20.8. The second-order valence-corrected chi connectivity index (χ2v) is 11.1. The summed E-state index contributed by atoms with van der Waals surface area (Å²) >= 11 is 9.18. The van der Waals surface area contributed by atoms with Gasteiger partial charge in [-0.05, 0) is 31.9 Å². The summed E-state index contributed by atoms with van der Waals surface area (Å²) in [7, 11) is 0. The summed E-state index contributed by atoms with van der Waals surface area (Å²) in [6.07, 6.45) is 7.37. The average Bonchev–Trinajstić information content (AvgIpc) is 3.40. The lowest BCUT2D eigenvalue weighted by Crippen LogP contribution is -2.55. The van der Waals surface area contributed by atoms with Crippen LogP contribution in [0, 0.1) is 0 Å². The molecule has 2 aliphatic rings. The van der Waals surface area contributed by atoms with Crippen LogP contribution in [0.25, 0.3) is 16.2 Å². The number of rotatable bonds is 4. The Morgan fingerprint density at radius 3 is 2.74 bits per heavy atom. The quantitative estimate of drug-likeness (QED) is 0.583. The highest BCUT2D eigenvalue weighted by molar-refractivity contribution is 8.02. The smallest absolute Gasteiger partial charge is 0.255 e. The first-order valence-electron chi connectivity index (χ1n) is 10.5. The Balaban J connectivity index is 1.34. The number of fused-ring (bicyclic) bond motifs is 1. The molecule has 1 aromatic carbocycles. The summed E-state index contributed by atoms with van der Waals surface area (Å²) in [6, 6.07) is 7.54. The zero-order valence-electron chi connectivity index (χ0n) is 17.1. The minimum absolute atomic E-state index is 0.00312. The van der Waals surface area contributed by atoms with E-state index in [1.165, 1.54) is 17.8 Å². The summed E-state index contributed by atoms with van der Waals surface area (Å²) < 4.78 is 1.95. The Labute approximate surface area is 193 Å². The van der Waals surface area contributed by atoms with Gasteiger partial charge in [-0.15, -0.1) is 23.1 Å². The van der Waals surface area contributed by atoms with Crippen LogP contribution < -0.4 is 5.43 Å². The van der Waals surface area contributed by atoms with Crippen LogP contribution in [0.5, 0.6) is 0 Å². The van der Waals surface area contributed by atoms with Crippen molar-refractivity contribution in [3.8, 4) is 11.3 Å². The van der Waals surface area contributed by atoms with Crippen LogP contribution in [0.4, 0.5) is 0 Å². The van der Waals surface area contributed by atoms with Crippen molar-refractivity contribution in [1.82, 2.24) is 19.8 Å². The topological polar surface area (TPSA) is 66.7 Å². The van der Waals surface area contributed by atoms with Crippen molar-refractivity contribution >= 4 is 51.5 Å². The van der Waals surface area contributed by atoms with E-state index < -0.39 is 0 Å². The number of hydrazine groups is 1. The van der Waals surface area contributed by atoms with Gasteiger partial charge >= 0.3 is 0 Å². The monoisotopic (exact) mass is 474 g/mol. The maximum Gasteiger partial charge on any atom is 0.255 e. The average molecular weight is 475 g/mol. The van der Waals surface area contributed by atoms with E-state index in [0.717, 1.165) is 47.6 Å². The molecule has 0 bridgehead atoms. The minimum Gasteiger partial charge on any atom is -0.294 e. The number of carbonyl (C=O) groups is 2. The lowest BCUT2D eigenvalue weighted by atomic mass is 9.94. The second kappa shape index (κ2) is 8.15. The number of carbonyl (C=O) groups excluding carboxylic acids is 2. The molecule has 162 valence electrons. The van der Waals surface area contributed by atoms with Crippen molar-refractivity contribution in [3.63, 3.8) is 0 Å². The molecule has 1 spiro atoms. The molecule has 2 amide bonds. The van der Waals surface area contributed by atoms with Crippen LogP contribution in [-0.4, -0.2) is 36.3 Å². The zero-order chi connectivity index (χ0) is 21.6. The molecule has 31 heavy (non-hydrogen) atoms. The molecule has 1 aliphatic heterocycles. The van der Waals surface area contributed by atoms with Crippen molar-refractivity contribution in [2.45, 2.75) is 55.6 Å². The van der Waals surface area contributed by atoms with Gasteiger partial charge < -0.3 is 0 Å². The van der Waals surface area contributed by atoms with Crippen molar-refractivity contribution in [2.75, 3.05) is 0 Å². The van der Waals surface area contributed by atoms with E-state index in [0.29, 0.717) is 5.02 Å². The molecule has 1 unspecified atom stereocenters. The fourth-order valence-corrected chi connectivity index (χ4v) is 7.09. The van der Waals surface area contributed by atoms with E-state index in [2.05, 4.69) is 10.4 Å². The van der Waals surface area contributed by atoms with Crippen LogP contribution >= 0.6 is 34.7 Å². The predicted octanol–water partition coefficient (Wildman–Crippen LogP) is 4.91. The Hall–Kier alpha value is -2.03. The molecular weight excluding hydrogens is 452 g/mol. The number of nitrogens with zero attached hydrogens (tertiary/aromatic N) is 3. The van der Waals surface area contributed by atoms with Crippen molar-refractivity contribution in [3.05, 3.63) is 46.6 Å². The molecule has 1 atom stereocenters. The van der Waals surface area contributed by atoms with E-state index in [-0.39, 0.29) is 28.4 Å². The SMILES string of the molecule is CC1SC2(CCCCC2)N(NC(=O)Cc2csc3nc(-c4ccc(Cl)cc4)cn23)C1=O. The number of amides is 2. The molecule has 1 saturated carbocycles. The second-order valence-electron chi connectivity index (χ2n) is 8.16. The lowest BCUT2D eigenvalue weighted by Gasteiger charge is -2.40. The van der Waals surface area contributed by atoms with E-state index in [4.69, 9.17) is 11.6 Å². The van der Waals surface area contributed by atoms with Crippen molar-refractivity contribution in [1.29, 1.82) is 0 Å². The van der Waals surface area contributed by atoms with Gasteiger partial charge in [0.25, 0.3) is 5.91 Å². The van der Waals surface area contributed by atoms with E-state index in [1.54, 1.807) is 16.8 Å². The zero-order valence-corrected chi connectivity index (χ0v) is 19.5. The summed E-state index contributed by atoms with van der Waals surface area (Å²) in [5.41, 5.74) is 5.62. The van der Waals surface area contributed by atoms with Crippen LogP contribution in [0.15, 0.2) is 35.8 Å². The Kier molecular flexibility index (Phi) is 5.48. The highest BCUT2D eigenvalue weighted by Crippen LogP contribution is 2.49. The molecular formula is C22H23ClN4O2S2. The largest absolute Gasteiger partial charge is 0.294 e. The van der Waals surface area contributed by atoms with Gasteiger partial charge in [0, 0.05) is 27.9 Å². The maximum absolute atomic E-state index is 12.9. The van der Waals surface area contributed by atoms with E-state index >= 15 is 0 Å². The van der Waals surface area contributed by atoms with Gasteiger partial charge in [0.2, 0.25) is 5.91 Å². The number of benzene rings is 1. The molecule has 3 heterocycles. The third-order valence-electron chi connectivity index (χ3n) is 6.01. The van der Waals surface area contributed by atoms with Crippen LogP contribution in [-0.2, 0) is 16.0 Å². The third-order valence-corrected chi connectivity index (χ3v) is 8.73. The normalized spacial score (nSPS) is 20.6. The molecule has 1 aliphatic carbocycles. The number of nitrogens with one attached hydrogen (secondary N) is 1. The summed E-state index contributed by atoms with van der Waals surface area (Å²) in [5, 5.41) is 4.15. The van der Waals surface area contributed by atoms with Gasteiger partial charge in [-0.3, -0.25) is 19.4 Å². The molecule has 1 N–H and O–H groups in total. The Bertz CT molecular complexity index is 1130. The number of halogens is 1. The highest BCUT2D eigenvalue weighted by Gasteiger charge is 2.51. The summed E-state index contributed by atoms with van der Waals surface area (Å²) in [6.45, 7) is 1.93. The first-order valence-corrected chi connectivity index (χ1v) is 12.6. The number of hydrogen-bond acceptors (Lipinski definition) is 5. The van der Waals surface area contributed by atoms with E-state index in [1.807, 2.05) is 47.2 Å². The highest BCUT2D eigenvalue weighted by atomic mass is 35.5. The van der Waals surface area contributed by atoms with Crippen molar-refractivity contribution in [2.24, 2.45) is 0 Å². The fourth-order valence-electron chi connectivity index (χ4n) is 4.46. The van der Waals surface area contributed by atoms with Gasteiger partial charge in [0.05, 0.1) is 17.4 Å². The summed E-state index contributed by atoms with van der Waals surface area (Å²) in [4.78, 5) is 30.9. The molecule has 1 saturated heterocycles. The van der Waals surface area contributed by atoms with E-state index in [9.17, 15) is 9.59 Å². The molecule has 2 aromatic heterocycles. The predicted molar refractivity (Wildman–Crippen MR) is 125 cm³/mol. The number of aromatic nitrogens is 2. The van der Waals surface area contributed by atoms with Crippen molar-refractivity contribution < 1.29 is 9.59 Å². The Morgan fingerprint density at radius 1 is 1.26 bits per heavy atom. The number of thioether (sulfide) groups is 1. The molecule has 3 aromatic rings. The number of hydrogen-bond donors (Lipinski definition) is 1.